The second kappa shape index (κ2) is 6.04. The van der Waals surface area contributed by atoms with Crippen LogP contribution >= 0.6 is 0 Å². The second-order valence-electron chi connectivity index (χ2n) is 5.92. The Balaban J connectivity index is 1.66. The van der Waals surface area contributed by atoms with Gasteiger partial charge in [0.2, 0.25) is 0 Å². The zero-order valence-corrected chi connectivity index (χ0v) is 13.7. The van der Waals surface area contributed by atoms with Crippen LogP contribution in [0.2, 0.25) is 0 Å². The second-order valence-corrected chi connectivity index (χ2v) is 5.92. The Hall–Kier alpha value is -1.95. The van der Waals surface area contributed by atoms with Gasteiger partial charge in [-0.05, 0) is 27.2 Å². The Kier molecular flexibility index (Phi) is 4.11. The van der Waals surface area contributed by atoms with Crippen molar-refractivity contribution in [2.75, 3.05) is 7.11 Å². The monoisotopic (exact) mass is 301 g/mol. The SMILES string of the molecule is COc1c(C)cnc(CNC2CCc3nc(C)nn3C2)c1C. The van der Waals surface area contributed by atoms with Crippen molar-refractivity contribution in [3.63, 3.8) is 0 Å². The average Bonchev–Trinajstić information content (AvgIpc) is 2.86. The van der Waals surface area contributed by atoms with Gasteiger partial charge in [0.15, 0.2) is 0 Å². The van der Waals surface area contributed by atoms with Crippen LogP contribution in [0.3, 0.4) is 0 Å². The van der Waals surface area contributed by atoms with E-state index in [-0.39, 0.29) is 0 Å². The number of ether oxygens (including phenoxy) is 1. The predicted molar refractivity (Wildman–Crippen MR) is 84.0 cm³/mol. The minimum absolute atomic E-state index is 0.405. The summed E-state index contributed by atoms with van der Waals surface area (Å²) in [5.41, 5.74) is 3.23. The third kappa shape index (κ3) is 2.83. The molecule has 0 saturated heterocycles. The Morgan fingerprint density at radius 1 is 1.36 bits per heavy atom. The summed E-state index contributed by atoms with van der Waals surface area (Å²) in [5, 5.41) is 8.04. The van der Waals surface area contributed by atoms with E-state index in [0.29, 0.717) is 6.04 Å². The van der Waals surface area contributed by atoms with Crippen LogP contribution in [0.1, 0.15) is 34.9 Å². The molecule has 2 aromatic rings. The summed E-state index contributed by atoms with van der Waals surface area (Å²) >= 11 is 0. The molecule has 0 radical (unpaired) electrons. The summed E-state index contributed by atoms with van der Waals surface area (Å²) in [5.74, 6) is 2.89. The summed E-state index contributed by atoms with van der Waals surface area (Å²) in [7, 11) is 1.71. The standard InChI is InChI=1S/C16H23N5O/c1-10-7-18-14(11(2)16(10)22-4)8-17-13-5-6-15-19-12(3)20-21(15)9-13/h7,13,17H,5-6,8-9H2,1-4H3. The maximum Gasteiger partial charge on any atom is 0.147 e. The molecule has 22 heavy (non-hydrogen) atoms. The van der Waals surface area contributed by atoms with Crippen LogP contribution in [-0.2, 0) is 19.5 Å². The number of nitrogens with zero attached hydrogens (tertiary/aromatic N) is 4. The molecule has 0 spiro atoms. The molecule has 0 amide bonds. The first-order chi connectivity index (χ1) is 10.6. The van der Waals surface area contributed by atoms with E-state index in [2.05, 4.69) is 27.3 Å². The Morgan fingerprint density at radius 2 is 2.18 bits per heavy atom. The number of pyridine rings is 1. The van der Waals surface area contributed by atoms with Crippen LogP contribution in [0.5, 0.6) is 5.75 Å². The molecule has 6 heteroatoms. The summed E-state index contributed by atoms with van der Waals surface area (Å²) in [6.45, 7) is 7.65. The molecule has 0 aliphatic carbocycles. The highest BCUT2D eigenvalue weighted by atomic mass is 16.5. The van der Waals surface area contributed by atoms with Gasteiger partial charge in [-0.1, -0.05) is 0 Å². The molecular weight excluding hydrogens is 278 g/mol. The minimum atomic E-state index is 0.405. The predicted octanol–water partition coefficient (Wildman–Crippen LogP) is 1.71. The van der Waals surface area contributed by atoms with Crippen molar-refractivity contribution in [2.45, 2.75) is 52.7 Å². The molecule has 3 heterocycles. The van der Waals surface area contributed by atoms with E-state index in [1.165, 1.54) is 0 Å². The molecule has 2 aromatic heterocycles. The fourth-order valence-electron chi connectivity index (χ4n) is 3.09. The van der Waals surface area contributed by atoms with Crippen LogP contribution in [-0.4, -0.2) is 32.9 Å². The van der Waals surface area contributed by atoms with Crippen LogP contribution in [0.15, 0.2) is 6.20 Å². The van der Waals surface area contributed by atoms with E-state index in [0.717, 1.165) is 60.2 Å². The number of methoxy groups -OCH3 is 1. The van der Waals surface area contributed by atoms with Gasteiger partial charge in [0.05, 0.1) is 19.3 Å². The molecule has 3 rings (SSSR count). The third-order valence-corrected chi connectivity index (χ3v) is 4.27. The first kappa shape index (κ1) is 15.0. The zero-order valence-electron chi connectivity index (χ0n) is 13.7. The lowest BCUT2D eigenvalue weighted by molar-refractivity contribution is 0.355. The number of aryl methyl sites for hydroxylation is 3. The van der Waals surface area contributed by atoms with Crippen LogP contribution in [0, 0.1) is 20.8 Å². The van der Waals surface area contributed by atoms with Crippen molar-refractivity contribution in [3.05, 3.63) is 34.7 Å². The normalized spacial score (nSPS) is 17.4. The van der Waals surface area contributed by atoms with E-state index < -0.39 is 0 Å². The fourth-order valence-corrected chi connectivity index (χ4v) is 3.09. The summed E-state index contributed by atoms with van der Waals surface area (Å²) < 4.78 is 7.49. The summed E-state index contributed by atoms with van der Waals surface area (Å²) in [4.78, 5) is 8.99. The van der Waals surface area contributed by atoms with Crippen LogP contribution < -0.4 is 10.1 Å². The highest BCUT2D eigenvalue weighted by Gasteiger charge is 2.21. The van der Waals surface area contributed by atoms with E-state index >= 15 is 0 Å². The van der Waals surface area contributed by atoms with E-state index in [9.17, 15) is 0 Å². The Morgan fingerprint density at radius 3 is 2.95 bits per heavy atom. The van der Waals surface area contributed by atoms with Crippen molar-refractivity contribution >= 4 is 0 Å². The number of hydrogen-bond donors (Lipinski definition) is 1. The van der Waals surface area contributed by atoms with E-state index in [4.69, 9.17) is 4.74 Å². The van der Waals surface area contributed by atoms with Crippen LogP contribution in [0.25, 0.3) is 0 Å². The highest BCUT2D eigenvalue weighted by Crippen LogP contribution is 2.24. The maximum absolute atomic E-state index is 5.47. The van der Waals surface area contributed by atoms with Crippen molar-refractivity contribution in [2.24, 2.45) is 0 Å². The van der Waals surface area contributed by atoms with Gasteiger partial charge in [-0.2, -0.15) is 5.10 Å². The molecule has 1 unspecified atom stereocenters. The molecule has 1 aliphatic heterocycles. The first-order valence-electron chi connectivity index (χ1n) is 7.71. The van der Waals surface area contributed by atoms with Gasteiger partial charge in [0, 0.05) is 36.3 Å². The van der Waals surface area contributed by atoms with Gasteiger partial charge in [0.1, 0.15) is 17.4 Å². The first-order valence-corrected chi connectivity index (χ1v) is 7.71. The third-order valence-electron chi connectivity index (χ3n) is 4.27. The molecule has 118 valence electrons. The lowest BCUT2D eigenvalue weighted by Gasteiger charge is -2.24. The zero-order chi connectivity index (χ0) is 15.7. The molecule has 1 atom stereocenters. The van der Waals surface area contributed by atoms with E-state index in [1.807, 2.05) is 24.7 Å². The minimum Gasteiger partial charge on any atom is -0.496 e. The van der Waals surface area contributed by atoms with Gasteiger partial charge in [-0.15, -0.1) is 0 Å². The largest absolute Gasteiger partial charge is 0.496 e. The molecule has 0 fully saturated rings. The van der Waals surface area contributed by atoms with Gasteiger partial charge in [-0.3, -0.25) is 4.98 Å². The summed E-state index contributed by atoms with van der Waals surface area (Å²) in [6.07, 6.45) is 3.94. The molecule has 0 bridgehead atoms. The molecule has 0 aromatic carbocycles. The number of hydrogen-bond acceptors (Lipinski definition) is 5. The number of aromatic nitrogens is 4. The Labute approximate surface area is 130 Å². The lowest BCUT2D eigenvalue weighted by Crippen LogP contribution is -2.37. The van der Waals surface area contributed by atoms with Gasteiger partial charge >= 0.3 is 0 Å². The summed E-state index contributed by atoms with van der Waals surface area (Å²) in [6, 6.07) is 0.405. The topological polar surface area (TPSA) is 64.9 Å². The van der Waals surface area contributed by atoms with Crippen molar-refractivity contribution in [3.8, 4) is 5.75 Å². The van der Waals surface area contributed by atoms with Crippen molar-refractivity contribution in [1.82, 2.24) is 25.1 Å². The van der Waals surface area contributed by atoms with E-state index in [1.54, 1.807) is 7.11 Å². The molecule has 6 nitrogen and oxygen atoms in total. The quantitative estimate of drug-likeness (QED) is 0.931. The van der Waals surface area contributed by atoms with Gasteiger partial charge < -0.3 is 10.1 Å². The van der Waals surface area contributed by atoms with Crippen LogP contribution in [0.4, 0.5) is 0 Å². The highest BCUT2D eigenvalue weighted by molar-refractivity contribution is 5.41. The molecule has 1 N–H and O–H groups in total. The number of fused-ring (bicyclic) bond motifs is 1. The molecule has 0 saturated carbocycles. The Bertz CT molecular complexity index is 679. The molecule has 1 aliphatic rings. The van der Waals surface area contributed by atoms with Crippen molar-refractivity contribution < 1.29 is 4.74 Å². The maximum atomic E-state index is 5.47. The fraction of sp³-hybridized carbons (Fsp3) is 0.562. The lowest BCUT2D eigenvalue weighted by atomic mass is 10.1. The number of nitrogens with one attached hydrogen (secondary N) is 1. The van der Waals surface area contributed by atoms with Gasteiger partial charge in [-0.25, -0.2) is 9.67 Å². The molecular formula is C16H23N5O. The average molecular weight is 301 g/mol. The van der Waals surface area contributed by atoms with Gasteiger partial charge in [0.25, 0.3) is 0 Å². The smallest absolute Gasteiger partial charge is 0.147 e. The number of rotatable bonds is 4. The van der Waals surface area contributed by atoms with Crippen molar-refractivity contribution in [1.29, 1.82) is 0 Å².